The average Bonchev–Trinajstić information content (AvgIpc) is 2.88. The second-order valence-corrected chi connectivity index (χ2v) is 5.81. The van der Waals surface area contributed by atoms with Crippen LogP contribution in [0.15, 0.2) is 54.6 Å². The highest BCUT2D eigenvalue weighted by molar-refractivity contribution is 6.08. The third-order valence-corrected chi connectivity index (χ3v) is 4.12. The van der Waals surface area contributed by atoms with Gasteiger partial charge in [0, 0.05) is 6.07 Å². The highest BCUT2D eigenvalue weighted by atomic mass is 19.4. The van der Waals surface area contributed by atoms with Crippen molar-refractivity contribution in [3.8, 4) is 5.75 Å². The summed E-state index contributed by atoms with van der Waals surface area (Å²) >= 11 is 0. The molecule has 142 valence electrons. The van der Waals surface area contributed by atoms with Crippen LogP contribution in [-0.4, -0.2) is 36.2 Å². The Hall–Kier alpha value is -3.10. The lowest BCUT2D eigenvalue weighted by Crippen LogP contribution is -2.55. The Morgan fingerprint density at radius 1 is 1.04 bits per heavy atom. The number of imide groups is 1. The van der Waals surface area contributed by atoms with Crippen molar-refractivity contribution in [2.45, 2.75) is 11.7 Å². The van der Waals surface area contributed by atoms with Gasteiger partial charge in [-0.2, -0.15) is 13.2 Å². The van der Waals surface area contributed by atoms with Gasteiger partial charge in [0.1, 0.15) is 18.2 Å². The van der Waals surface area contributed by atoms with E-state index in [0.717, 1.165) is 18.2 Å². The minimum atomic E-state index is -5.04. The third-order valence-electron chi connectivity index (χ3n) is 4.12. The first-order valence-electron chi connectivity index (χ1n) is 7.90. The smallest absolute Gasteiger partial charge is 0.425 e. The quantitative estimate of drug-likeness (QED) is 0.638. The fourth-order valence-electron chi connectivity index (χ4n) is 2.83. The lowest BCUT2D eigenvalue weighted by atomic mass is 9.89. The average molecular weight is 382 g/mol. The molecule has 27 heavy (non-hydrogen) atoms. The summed E-state index contributed by atoms with van der Waals surface area (Å²) in [6.07, 6.45) is -5.04. The molecule has 0 saturated carbocycles. The standard InChI is InChI=1S/C18H14F4N2O3/c19-13-7-4-8-14(11-13)27-10-9-24-15(25)17(18(20,21)22,23-16(24)26)12-5-2-1-3-6-12/h1-8,11H,9-10H2,(H,23,26). The number of ether oxygens (including phenoxy) is 1. The van der Waals surface area contributed by atoms with Crippen molar-refractivity contribution in [2.24, 2.45) is 0 Å². The molecular weight excluding hydrogens is 368 g/mol. The molecule has 0 spiro atoms. The Kier molecular flexibility index (Phi) is 4.77. The SMILES string of the molecule is O=C1NC(c2ccccc2)(C(F)(F)F)C(=O)N1CCOc1cccc(F)c1. The van der Waals surface area contributed by atoms with Crippen molar-refractivity contribution < 1.29 is 31.9 Å². The number of carbonyl (C=O) groups is 2. The van der Waals surface area contributed by atoms with E-state index < -0.39 is 36.0 Å². The van der Waals surface area contributed by atoms with Crippen molar-refractivity contribution >= 4 is 11.9 Å². The van der Waals surface area contributed by atoms with E-state index in [4.69, 9.17) is 4.74 Å². The lowest BCUT2D eigenvalue weighted by Gasteiger charge is -2.29. The molecule has 1 atom stereocenters. The Balaban J connectivity index is 1.80. The first-order chi connectivity index (χ1) is 12.8. The van der Waals surface area contributed by atoms with Crippen LogP contribution >= 0.6 is 0 Å². The molecular formula is C18H14F4N2O3. The highest BCUT2D eigenvalue weighted by Gasteiger charge is 2.68. The number of benzene rings is 2. The van der Waals surface area contributed by atoms with Crippen LogP contribution in [0.3, 0.4) is 0 Å². The van der Waals surface area contributed by atoms with E-state index in [-0.39, 0.29) is 17.9 Å². The number of amides is 3. The molecule has 3 amide bonds. The van der Waals surface area contributed by atoms with Gasteiger partial charge in [0.25, 0.3) is 5.91 Å². The van der Waals surface area contributed by atoms with Gasteiger partial charge in [0.2, 0.25) is 5.54 Å². The van der Waals surface area contributed by atoms with Gasteiger partial charge >= 0.3 is 12.2 Å². The fraction of sp³-hybridized carbons (Fsp3) is 0.222. The number of urea groups is 1. The number of nitrogens with zero attached hydrogens (tertiary/aromatic N) is 1. The fourth-order valence-corrected chi connectivity index (χ4v) is 2.83. The van der Waals surface area contributed by atoms with E-state index in [2.05, 4.69) is 0 Å². The molecule has 1 N–H and O–H groups in total. The molecule has 9 heteroatoms. The van der Waals surface area contributed by atoms with Crippen molar-refractivity contribution in [3.63, 3.8) is 0 Å². The van der Waals surface area contributed by atoms with E-state index in [9.17, 15) is 27.2 Å². The molecule has 5 nitrogen and oxygen atoms in total. The first kappa shape index (κ1) is 18.7. The third kappa shape index (κ3) is 3.32. The van der Waals surface area contributed by atoms with E-state index >= 15 is 0 Å². The van der Waals surface area contributed by atoms with Crippen molar-refractivity contribution in [1.29, 1.82) is 0 Å². The summed E-state index contributed by atoms with van der Waals surface area (Å²) in [5.41, 5.74) is -3.53. The maximum absolute atomic E-state index is 13.8. The van der Waals surface area contributed by atoms with Gasteiger partial charge in [-0.05, 0) is 17.7 Å². The van der Waals surface area contributed by atoms with E-state index in [0.29, 0.717) is 4.90 Å². The molecule has 1 aliphatic rings. The van der Waals surface area contributed by atoms with Gasteiger partial charge in [-0.3, -0.25) is 9.69 Å². The zero-order chi connectivity index (χ0) is 19.7. The molecule has 0 aliphatic carbocycles. The number of rotatable bonds is 5. The van der Waals surface area contributed by atoms with Gasteiger partial charge in [0.05, 0.1) is 6.54 Å². The number of alkyl halides is 3. The Morgan fingerprint density at radius 2 is 1.74 bits per heavy atom. The van der Waals surface area contributed by atoms with E-state index in [1.165, 1.54) is 36.4 Å². The zero-order valence-corrected chi connectivity index (χ0v) is 13.8. The minimum Gasteiger partial charge on any atom is -0.492 e. The lowest BCUT2D eigenvalue weighted by molar-refractivity contribution is -0.198. The van der Waals surface area contributed by atoms with Gasteiger partial charge in [0.15, 0.2) is 0 Å². The van der Waals surface area contributed by atoms with Crippen LogP contribution in [0.25, 0.3) is 0 Å². The molecule has 3 rings (SSSR count). The highest BCUT2D eigenvalue weighted by Crippen LogP contribution is 2.43. The Bertz CT molecular complexity index is 857. The van der Waals surface area contributed by atoms with Crippen molar-refractivity contribution in [2.75, 3.05) is 13.2 Å². The van der Waals surface area contributed by atoms with Crippen LogP contribution in [0.5, 0.6) is 5.75 Å². The van der Waals surface area contributed by atoms with Gasteiger partial charge in [-0.1, -0.05) is 36.4 Å². The Morgan fingerprint density at radius 3 is 2.37 bits per heavy atom. The van der Waals surface area contributed by atoms with Gasteiger partial charge in [-0.15, -0.1) is 0 Å². The predicted octanol–water partition coefficient (Wildman–Crippen LogP) is 3.21. The molecule has 1 saturated heterocycles. The number of hydrogen-bond acceptors (Lipinski definition) is 3. The molecule has 2 aromatic carbocycles. The van der Waals surface area contributed by atoms with E-state index in [1.54, 1.807) is 5.32 Å². The molecule has 2 aromatic rings. The summed E-state index contributed by atoms with van der Waals surface area (Å²) < 4.78 is 59.7. The summed E-state index contributed by atoms with van der Waals surface area (Å²) in [7, 11) is 0. The summed E-state index contributed by atoms with van der Waals surface area (Å²) in [6, 6.07) is 10.4. The number of carbonyl (C=O) groups excluding carboxylic acids is 2. The summed E-state index contributed by atoms with van der Waals surface area (Å²) in [5, 5.41) is 1.78. The van der Waals surface area contributed by atoms with Crippen molar-refractivity contribution in [3.05, 3.63) is 66.0 Å². The van der Waals surface area contributed by atoms with Crippen LogP contribution in [0.1, 0.15) is 5.56 Å². The maximum atomic E-state index is 13.8. The monoisotopic (exact) mass is 382 g/mol. The topological polar surface area (TPSA) is 58.6 Å². The van der Waals surface area contributed by atoms with Crippen molar-refractivity contribution in [1.82, 2.24) is 10.2 Å². The summed E-state index contributed by atoms with van der Waals surface area (Å²) in [5.74, 6) is -1.86. The molecule has 0 radical (unpaired) electrons. The number of hydrogen-bond donors (Lipinski definition) is 1. The maximum Gasteiger partial charge on any atom is 0.425 e. The second kappa shape index (κ2) is 6.90. The normalized spacial score (nSPS) is 19.9. The number of nitrogens with one attached hydrogen (secondary N) is 1. The second-order valence-electron chi connectivity index (χ2n) is 5.81. The predicted molar refractivity (Wildman–Crippen MR) is 86.3 cm³/mol. The molecule has 1 fully saturated rings. The summed E-state index contributed by atoms with van der Waals surface area (Å²) in [6.45, 7) is -0.711. The van der Waals surface area contributed by atoms with Crippen LogP contribution < -0.4 is 10.1 Å². The van der Waals surface area contributed by atoms with Crippen LogP contribution in [-0.2, 0) is 10.3 Å². The number of halogens is 4. The Labute approximate surface area is 151 Å². The molecule has 1 aliphatic heterocycles. The summed E-state index contributed by atoms with van der Waals surface area (Å²) in [4.78, 5) is 25.1. The molecule has 1 unspecified atom stereocenters. The van der Waals surface area contributed by atoms with Crippen LogP contribution in [0.4, 0.5) is 22.4 Å². The largest absolute Gasteiger partial charge is 0.492 e. The van der Waals surface area contributed by atoms with E-state index in [1.807, 2.05) is 0 Å². The zero-order valence-electron chi connectivity index (χ0n) is 13.8. The van der Waals surface area contributed by atoms with Gasteiger partial charge < -0.3 is 10.1 Å². The van der Waals surface area contributed by atoms with Crippen LogP contribution in [0, 0.1) is 5.82 Å². The molecule has 0 aromatic heterocycles. The van der Waals surface area contributed by atoms with Crippen LogP contribution in [0.2, 0.25) is 0 Å². The minimum absolute atomic E-state index is 0.132. The first-order valence-corrected chi connectivity index (χ1v) is 7.90. The van der Waals surface area contributed by atoms with Gasteiger partial charge in [-0.25, -0.2) is 9.18 Å². The molecule has 0 bridgehead atoms. The molecule has 1 heterocycles.